The van der Waals surface area contributed by atoms with Crippen LogP contribution in [0.2, 0.25) is 0 Å². The lowest BCUT2D eigenvalue weighted by Gasteiger charge is -2.52. The molecule has 7 rings (SSSR count). The molecule has 4 saturated carbocycles. The minimum atomic E-state index is -0.127. The molecule has 2 aromatic carbocycles. The molecule has 0 spiro atoms. The van der Waals surface area contributed by atoms with Gasteiger partial charge < -0.3 is 9.64 Å². The van der Waals surface area contributed by atoms with E-state index in [1.165, 1.54) is 30.6 Å². The lowest BCUT2D eigenvalue weighted by Crippen LogP contribution is -2.48. The summed E-state index contributed by atoms with van der Waals surface area (Å²) in [7, 11) is 4.02. The predicted molar refractivity (Wildman–Crippen MR) is 158 cm³/mol. The lowest BCUT2D eigenvalue weighted by atomic mass is 9.52. The van der Waals surface area contributed by atoms with E-state index in [9.17, 15) is 9.59 Å². The number of ether oxygens (including phenoxy) is 1. The predicted octanol–water partition coefficient (Wildman–Crippen LogP) is 7.41. The highest BCUT2D eigenvalue weighted by atomic mass is 16.5. The van der Waals surface area contributed by atoms with Crippen molar-refractivity contribution in [2.45, 2.75) is 59.3 Å². The van der Waals surface area contributed by atoms with Crippen molar-refractivity contribution in [3.8, 4) is 11.5 Å². The first-order valence-corrected chi connectivity index (χ1v) is 15.6. The first-order chi connectivity index (χ1) is 19.2. The summed E-state index contributed by atoms with van der Waals surface area (Å²) >= 11 is 0. The Balaban J connectivity index is 1.11. The number of imide groups is 1. The molecule has 0 aromatic heterocycles. The zero-order valence-corrected chi connectivity index (χ0v) is 24.7. The first kappa shape index (κ1) is 26.1. The number of amides is 2. The van der Waals surface area contributed by atoms with Crippen LogP contribution in [0.4, 0.5) is 11.4 Å². The Labute approximate surface area is 239 Å². The molecule has 5 nitrogen and oxygen atoms in total. The number of fused-ring (bicyclic) bond motifs is 7. The highest BCUT2D eigenvalue weighted by molar-refractivity contribution is 6.22. The van der Waals surface area contributed by atoms with Gasteiger partial charge in [0.15, 0.2) is 0 Å². The number of nitrogens with zero attached hydrogens (tertiary/aromatic N) is 2. The van der Waals surface area contributed by atoms with E-state index in [2.05, 4.69) is 25.7 Å². The summed E-state index contributed by atoms with van der Waals surface area (Å²) in [5, 5.41) is 0. The summed E-state index contributed by atoms with van der Waals surface area (Å²) in [5.41, 5.74) is 2.16. The average Bonchev–Trinajstić information content (AvgIpc) is 3.74. The minimum absolute atomic E-state index is 0.0350. The molecule has 1 saturated heterocycles. The maximum Gasteiger partial charge on any atom is 0.237 e. The number of hydrogen-bond donors (Lipinski definition) is 0. The van der Waals surface area contributed by atoms with Gasteiger partial charge in [0.25, 0.3) is 0 Å². The second-order valence-corrected chi connectivity index (χ2v) is 14.3. The van der Waals surface area contributed by atoms with Gasteiger partial charge in [-0.05, 0) is 134 Å². The van der Waals surface area contributed by atoms with Crippen LogP contribution >= 0.6 is 0 Å². The molecule has 0 N–H and O–H groups in total. The second-order valence-electron chi connectivity index (χ2n) is 14.3. The summed E-state index contributed by atoms with van der Waals surface area (Å²) < 4.78 is 6.04. The molecule has 2 aromatic rings. The van der Waals surface area contributed by atoms with E-state index in [4.69, 9.17) is 4.74 Å². The van der Waals surface area contributed by atoms with Gasteiger partial charge in [-0.3, -0.25) is 14.5 Å². The maximum absolute atomic E-state index is 14.0. The lowest BCUT2D eigenvalue weighted by molar-refractivity contribution is -0.126. The fourth-order valence-electron chi connectivity index (χ4n) is 10.6. The van der Waals surface area contributed by atoms with Crippen molar-refractivity contribution in [2.24, 2.45) is 58.7 Å². The van der Waals surface area contributed by atoms with Gasteiger partial charge in [0.2, 0.25) is 11.8 Å². The van der Waals surface area contributed by atoms with E-state index < -0.39 is 0 Å². The van der Waals surface area contributed by atoms with Crippen LogP contribution in [0.3, 0.4) is 0 Å². The van der Waals surface area contributed by atoms with E-state index in [0.717, 1.165) is 42.0 Å². The van der Waals surface area contributed by atoms with E-state index in [1.807, 2.05) is 62.6 Å². The molecule has 5 heteroatoms. The van der Waals surface area contributed by atoms with E-state index in [0.29, 0.717) is 40.5 Å². The molecule has 0 radical (unpaired) electrons. The number of rotatable bonds is 7. The number of carbonyl (C=O) groups is 2. The fraction of sp³-hybridized carbons (Fsp3) is 0.600. The molecule has 5 fully saturated rings. The Morgan fingerprint density at radius 2 is 1.52 bits per heavy atom. The number of benzene rings is 2. The summed E-state index contributed by atoms with van der Waals surface area (Å²) in [6.45, 7) is 7.30. The molecule has 4 bridgehead atoms. The summed E-state index contributed by atoms with van der Waals surface area (Å²) in [4.78, 5) is 31.4. The molecule has 212 valence electrons. The van der Waals surface area contributed by atoms with Gasteiger partial charge in [0, 0.05) is 19.8 Å². The number of anilines is 2. The molecule has 40 heavy (non-hydrogen) atoms. The Morgan fingerprint density at radius 3 is 2.12 bits per heavy atom. The van der Waals surface area contributed by atoms with Crippen molar-refractivity contribution in [1.82, 2.24) is 0 Å². The third-order valence-electron chi connectivity index (χ3n) is 11.9. The molecule has 4 aliphatic carbocycles. The monoisotopic (exact) mass is 540 g/mol. The Hall–Kier alpha value is -2.82. The van der Waals surface area contributed by atoms with Crippen LogP contribution in [0.5, 0.6) is 11.5 Å². The van der Waals surface area contributed by atoms with E-state index in [-0.39, 0.29) is 23.7 Å². The Kier molecular flexibility index (Phi) is 6.11. The van der Waals surface area contributed by atoms with Gasteiger partial charge in [-0.25, -0.2) is 0 Å². The molecule has 7 unspecified atom stereocenters. The van der Waals surface area contributed by atoms with Gasteiger partial charge >= 0.3 is 0 Å². The zero-order chi connectivity index (χ0) is 27.9. The number of carbonyl (C=O) groups excluding carboxylic acids is 2. The average molecular weight is 541 g/mol. The molecule has 2 amide bonds. The Morgan fingerprint density at radius 1 is 0.875 bits per heavy atom. The third-order valence-corrected chi connectivity index (χ3v) is 11.9. The topological polar surface area (TPSA) is 49.9 Å². The quantitative estimate of drug-likeness (QED) is 0.343. The first-order valence-electron chi connectivity index (χ1n) is 15.6. The van der Waals surface area contributed by atoms with Gasteiger partial charge in [0.1, 0.15) is 11.5 Å². The Bertz CT molecular complexity index is 1300. The van der Waals surface area contributed by atoms with Crippen molar-refractivity contribution in [3.63, 3.8) is 0 Å². The second kappa shape index (κ2) is 9.36. The SMILES string of the molecule is CC(C)CC1(C2CC3CC2[C@H]2C(=O)N(c4ccc(Oc5ccc(N(C)C)cc5)cc4)C(=O)[C@@H]32)C2CCC(C2)C1C. The number of hydrogen-bond acceptors (Lipinski definition) is 4. The van der Waals surface area contributed by atoms with Crippen molar-refractivity contribution in [1.29, 1.82) is 0 Å². The largest absolute Gasteiger partial charge is 0.457 e. The van der Waals surface area contributed by atoms with Crippen molar-refractivity contribution < 1.29 is 14.3 Å². The van der Waals surface area contributed by atoms with Crippen LogP contribution in [0, 0.1) is 58.7 Å². The summed E-state index contributed by atoms with van der Waals surface area (Å²) in [6, 6.07) is 15.4. The van der Waals surface area contributed by atoms with Crippen LogP contribution in [0.1, 0.15) is 59.3 Å². The normalized spacial score (nSPS) is 37.6. The highest BCUT2D eigenvalue weighted by Crippen LogP contribution is 2.72. The summed E-state index contributed by atoms with van der Waals surface area (Å²) in [5.74, 6) is 5.71. The van der Waals surface area contributed by atoms with E-state index >= 15 is 0 Å². The minimum Gasteiger partial charge on any atom is -0.457 e. The molecular weight excluding hydrogens is 496 g/mol. The smallest absolute Gasteiger partial charge is 0.237 e. The van der Waals surface area contributed by atoms with Crippen molar-refractivity contribution >= 4 is 23.2 Å². The molecule has 5 aliphatic rings. The van der Waals surface area contributed by atoms with E-state index in [1.54, 1.807) is 0 Å². The summed E-state index contributed by atoms with van der Waals surface area (Å²) in [6.07, 6.45) is 7.67. The van der Waals surface area contributed by atoms with Crippen LogP contribution in [0.25, 0.3) is 0 Å². The molecule has 9 atom stereocenters. The van der Waals surface area contributed by atoms with Gasteiger partial charge in [0.05, 0.1) is 17.5 Å². The molecule has 1 heterocycles. The molecular formula is C35H44N2O3. The third kappa shape index (κ3) is 3.72. The van der Waals surface area contributed by atoms with Crippen LogP contribution in [0.15, 0.2) is 48.5 Å². The standard InChI is InChI=1S/C35H44N2O3/c1-20(2)19-35(21(3)22-6-7-24(35)16-22)30-18-23-17-29(30)32-31(23)33(38)37(34(32)39)26-10-14-28(15-11-26)40-27-12-8-25(9-13-27)36(4)5/h8-15,20-24,29-32H,6-7,16-19H2,1-5H3/t21?,22?,23?,24?,29?,30?,31-,32+,35?/m0/s1. The van der Waals surface area contributed by atoms with Crippen molar-refractivity contribution in [2.75, 3.05) is 23.9 Å². The van der Waals surface area contributed by atoms with Crippen LogP contribution < -0.4 is 14.5 Å². The zero-order valence-electron chi connectivity index (χ0n) is 24.7. The van der Waals surface area contributed by atoms with Crippen molar-refractivity contribution in [3.05, 3.63) is 48.5 Å². The van der Waals surface area contributed by atoms with Gasteiger partial charge in [-0.2, -0.15) is 0 Å². The molecule has 1 aliphatic heterocycles. The van der Waals surface area contributed by atoms with Gasteiger partial charge in [-0.15, -0.1) is 0 Å². The maximum atomic E-state index is 14.0. The fourth-order valence-corrected chi connectivity index (χ4v) is 10.6. The van der Waals surface area contributed by atoms with Gasteiger partial charge in [-0.1, -0.05) is 20.8 Å². The highest BCUT2D eigenvalue weighted by Gasteiger charge is 2.70. The van der Waals surface area contributed by atoms with Crippen LogP contribution in [-0.2, 0) is 9.59 Å². The van der Waals surface area contributed by atoms with Crippen LogP contribution in [-0.4, -0.2) is 25.9 Å².